The lowest BCUT2D eigenvalue weighted by molar-refractivity contribution is -0.119. The fraction of sp³-hybridized carbons (Fsp3) is 0.269. The van der Waals surface area contributed by atoms with Crippen LogP contribution in [0.15, 0.2) is 77.7 Å². The number of benzene rings is 3. The monoisotopic (exact) mass is 484 g/mol. The summed E-state index contributed by atoms with van der Waals surface area (Å²) in [5, 5.41) is 2.70. The van der Waals surface area contributed by atoms with E-state index in [-0.39, 0.29) is 23.7 Å². The van der Waals surface area contributed by atoms with E-state index in [1.165, 1.54) is 24.3 Å². The lowest BCUT2D eigenvalue weighted by Gasteiger charge is -2.24. The number of nitrogens with zero attached hydrogens (tertiary/aromatic N) is 1. The molecule has 0 aliphatic carbocycles. The maximum atomic E-state index is 13.4. The molecule has 0 unspecified atom stereocenters. The molecule has 0 fully saturated rings. The molecule has 0 spiro atoms. The van der Waals surface area contributed by atoms with Crippen LogP contribution in [0.1, 0.15) is 30.9 Å². The van der Waals surface area contributed by atoms with Crippen LogP contribution in [0.25, 0.3) is 0 Å². The standard InChI is InChI=1S/C26H29FN2O4S/c1-19(2)24-6-4-5-7-25(24)33-17-16-28-26(30)18-29(22-12-10-21(27)11-13-22)34(31,32)23-14-8-20(3)9-15-23/h4-15,19H,16-18H2,1-3H3,(H,28,30). The largest absolute Gasteiger partial charge is 0.491 e. The van der Waals surface area contributed by atoms with Gasteiger partial charge in [-0.05, 0) is 60.9 Å². The number of hydrogen-bond donors (Lipinski definition) is 1. The first kappa shape index (κ1) is 25.2. The van der Waals surface area contributed by atoms with Gasteiger partial charge in [-0.25, -0.2) is 12.8 Å². The molecule has 6 nitrogen and oxygen atoms in total. The van der Waals surface area contributed by atoms with E-state index in [1.54, 1.807) is 12.1 Å². The number of amides is 1. The highest BCUT2D eigenvalue weighted by atomic mass is 32.2. The van der Waals surface area contributed by atoms with Gasteiger partial charge in [-0.3, -0.25) is 9.10 Å². The van der Waals surface area contributed by atoms with Gasteiger partial charge < -0.3 is 10.1 Å². The van der Waals surface area contributed by atoms with E-state index >= 15 is 0 Å². The Bertz CT molecular complexity index is 1210. The molecule has 0 saturated heterocycles. The Labute approximate surface area is 200 Å². The molecule has 0 aromatic heterocycles. The lowest BCUT2D eigenvalue weighted by Crippen LogP contribution is -2.42. The third kappa shape index (κ3) is 6.35. The number of hydrogen-bond acceptors (Lipinski definition) is 4. The van der Waals surface area contributed by atoms with Gasteiger partial charge in [-0.1, -0.05) is 49.7 Å². The maximum Gasteiger partial charge on any atom is 0.264 e. The predicted octanol–water partition coefficient (Wildman–Crippen LogP) is 4.65. The SMILES string of the molecule is Cc1ccc(S(=O)(=O)N(CC(=O)NCCOc2ccccc2C(C)C)c2ccc(F)cc2)cc1. The highest BCUT2D eigenvalue weighted by Gasteiger charge is 2.27. The number of aryl methyl sites for hydroxylation is 1. The van der Waals surface area contributed by atoms with Crippen molar-refractivity contribution in [1.29, 1.82) is 0 Å². The molecule has 0 radical (unpaired) electrons. The summed E-state index contributed by atoms with van der Waals surface area (Å²) in [5.41, 5.74) is 2.17. The number of para-hydroxylation sites is 1. The number of ether oxygens (including phenoxy) is 1. The molecule has 34 heavy (non-hydrogen) atoms. The smallest absolute Gasteiger partial charge is 0.264 e. The second kappa shape index (κ2) is 11.2. The third-order valence-corrected chi connectivity index (χ3v) is 7.02. The molecule has 180 valence electrons. The van der Waals surface area contributed by atoms with Gasteiger partial charge in [0.1, 0.15) is 24.7 Å². The molecule has 0 atom stereocenters. The van der Waals surface area contributed by atoms with Crippen molar-refractivity contribution in [3.8, 4) is 5.75 Å². The topological polar surface area (TPSA) is 75.7 Å². The normalized spacial score (nSPS) is 11.3. The van der Waals surface area contributed by atoms with Crippen molar-refractivity contribution in [2.24, 2.45) is 0 Å². The zero-order valence-corrected chi connectivity index (χ0v) is 20.3. The van der Waals surface area contributed by atoms with E-state index in [1.807, 2.05) is 31.2 Å². The molecule has 8 heteroatoms. The van der Waals surface area contributed by atoms with Crippen LogP contribution in [0.4, 0.5) is 10.1 Å². The maximum absolute atomic E-state index is 13.4. The van der Waals surface area contributed by atoms with Gasteiger partial charge >= 0.3 is 0 Å². The predicted molar refractivity (Wildman–Crippen MR) is 131 cm³/mol. The molecule has 3 rings (SSSR count). The molecule has 0 heterocycles. The molecule has 0 saturated carbocycles. The zero-order chi connectivity index (χ0) is 24.7. The van der Waals surface area contributed by atoms with Gasteiger partial charge in [0, 0.05) is 0 Å². The van der Waals surface area contributed by atoms with Gasteiger partial charge in [0.15, 0.2) is 0 Å². The second-order valence-corrected chi connectivity index (χ2v) is 10.1. The van der Waals surface area contributed by atoms with Crippen LogP contribution < -0.4 is 14.4 Å². The number of carbonyl (C=O) groups excluding carboxylic acids is 1. The second-order valence-electron chi connectivity index (χ2n) is 8.19. The molecule has 1 N–H and O–H groups in total. The molecule has 3 aromatic rings. The number of halogens is 1. The Hall–Kier alpha value is -3.39. The van der Waals surface area contributed by atoms with E-state index in [2.05, 4.69) is 19.2 Å². The Balaban J connectivity index is 1.69. The van der Waals surface area contributed by atoms with Crippen LogP contribution in [-0.4, -0.2) is 34.0 Å². The average molecular weight is 485 g/mol. The Kier molecular flexibility index (Phi) is 8.28. The van der Waals surface area contributed by atoms with Crippen molar-refractivity contribution in [3.05, 3.63) is 89.7 Å². The zero-order valence-electron chi connectivity index (χ0n) is 19.5. The summed E-state index contributed by atoms with van der Waals surface area (Å²) in [6, 6.07) is 19.0. The number of rotatable bonds is 10. The van der Waals surface area contributed by atoms with E-state index in [0.717, 1.165) is 33.3 Å². The lowest BCUT2D eigenvalue weighted by atomic mass is 10.0. The number of sulfonamides is 1. The Morgan fingerprint density at radius 2 is 1.65 bits per heavy atom. The Morgan fingerprint density at radius 3 is 2.29 bits per heavy atom. The summed E-state index contributed by atoms with van der Waals surface area (Å²) in [7, 11) is -4.05. The molecule has 3 aromatic carbocycles. The van der Waals surface area contributed by atoms with Crippen LogP contribution in [-0.2, 0) is 14.8 Å². The first-order valence-corrected chi connectivity index (χ1v) is 12.5. The molecular weight excluding hydrogens is 455 g/mol. The van der Waals surface area contributed by atoms with Crippen LogP contribution in [0, 0.1) is 12.7 Å². The highest BCUT2D eigenvalue weighted by molar-refractivity contribution is 7.92. The fourth-order valence-corrected chi connectivity index (χ4v) is 4.81. The third-order valence-electron chi connectivity index (χ3n) is 5.23. The van der Waals surface area contributed by atoms with Crippen molar-refractivity contribution < 1.29 is 22.3 Å². The Morgan fingerprint density at radius 1 is 1.00 bits per heavy atom. The summed E-state index contributed by atoms with van der Waals surface area (Å²) in [5.74, 6) is 0.0455. The molecule has 1 amide bonds. The van der Waals surface area contributed by atoms with Crippen LogP contribution in [0.3, 0.4) is 0 Å². The van der Waals surface area contributed by atoms with E-state index in [4.69, 9.17) is 4.74 Å². The van der Waals surface area contributed by atoms with Crippen molar-refractivity contribution in [2.75, 3.05) is 24.0 Å². The summed E-state index contributed by atoms with van der Waals surface area (Å²) < 4.78 is 46.8. The van der Waals surface area contributed by atoms with Crippen molar-refractivity contribution >= 4 is 21.6 Å². The van der Waals surface area contributed by atoms with Crippen LogP contribution in [0.2, 0.25) is 0 Å². The van der Waals surface area contributed by atoms with Gasteiger partial charge in [0.25, 0.3) is 10.0 Å². The minimum atomic E-state index is -4.05. The summed E-state index contributed by atoms with van der Waals surface area (Å²) in [4.78, 5) is 12.7. The highest BCUT2D eigenvalue weighted by Crippen LogP contribution is 2.26. The first-order valence-electron chi connectivity index (χ1n) is 11.0. The molecule has 0 aliphatic rings. The molecular formula is C26H29FN2O4S. The number of anilines is 1. The minimum absolute atomic E-state index is 0.0452. The van der Waals surface area contributed by atoms with Gasteiger partial charge in [0.05, 0.1) is 17.1 Å². The van der Waals surface area contributed by atoms with Gasteiger partial charge in [-0.15, -0.1) is 0 Å². The van der Waals surface area contributed by atoms with E-state index in [9.17, 15) is 17.6 Å². The quantitative estimate of drug-likeness (QED) is 0.425. The molecule has 0 aliphatic heterocycles. The van der Waals surface area contributed by atoms with Crippen molar-refractivity contribution in [2.45, 2.75) is 31.6 Å². The van der Waals surface area contributed by atoms with E-state index in [0.29, 0.717) is 5.92 Å². The van der Waals surface area contributed by atoms with Crippen molar-refractivity contribution in [3.63, 3.8) is 0 Å². The fourth-order valence-electron chi connectivity index (χ4n) is 3.39. The average Bonchev–Trinajstić information content (AvgIpc) is 2.81. The number of carbonyl (C=O) groups is 1. The van der Waals surface area contributed by atoms with Crippen LogP contribution >= 0.6 is 0 Å². The van der Waals surface area contributed by atoms with Gasteiger partial charge in [-0.2, -0.15) is 0 Å². The number of nitrogens with one attached hydrogen (secondary N) is 1. The summed E-state index contributed by atoms with van der Waals surface area (Å²) in [6.07, 6.45) is 0. The van der Waals surface area contributed by atoms with E-state index < -0.39 is 28.3 Å². The first-order chi connectivity index (χ1) is 16.2. The van der Waals surface area contributed by atoms with Crippen molar-refractivity contribution in [1.82, 2.24) is 5.32 Å². The molecule has 0 bridgehead atoms. The van der Waals surface area contributed by atoms with Gasteiger partial charge in [0.2, 0.25) is 5.91 Å². The van der Waals surface area contributed by atoms with Crippen LogP contribution in [0.5, 0.6) is 5.75 Å². The summed E-state index contributed by atoms with van der Waals surface area (Å²) >= 11 is 0. The summed E-state index contributed by atoms with van der Waals surface area (Å²) in [6.45, 7) is 5.97. The minimum Gasteiger partial charge on any atom is -0.491 e.